The van der Waals surface area contributed by atoms with E-state index in [0.717, 1.165) is 12.8 Å². The molecule has 0 bridgehead atoms. The second-order valence-corrected chi connectivity index (χ2v) is 4.31. The summed E-state index contributed by atoms with van der Waals surface area (Å²) in [5, 5.41) is 8.44. The van der Waals surface area contributed by atoms with Crippen molar-refractivity contribution in [2.75, 3.05) is 0 Å². The van der Waals surface area contributed by atoms with Gasteiger partial charge in [0.15, 0.2) is 0 Å². The number of rotatable bonds is 11. The second kappa shape index (κ2) is 13.8. The smallest absolute Gasteiger partial charge is 0.303 e. The van der Waals surface area contributed by atoms with Crippen LogP contribution in [-0.2, 0) is 4.79 Å². The molecule has 0 amide bonds. The number of allylic oxidation sites excluding steroid dienone is 6. The Morgan fingerprint density at radius 3 is 2.00 bits per heavy atom. The van der Waals surface area contributed by atoms with Gasteiger partial charge in [-0.15, -0.1) is 0 Å². The van der Waals surface area contributed by atoms with Gasteiger partial charge in [-0.1, -0.05) is 56.2 Å². The highest BCUT2D eigenvalue weighted by atomic mass is 16.4. The molecule has 0 fully saturated rings. The maximum Gasteiger partial charge on any atom is 0.303 e. The first-order valence-electron chi connectivity index (χ1n) is 6.94. The Balaban J connectivity index is 3.34. The fourth-order valence-electron chi connectivity index (χ4n) is 1.50. The SMILES string of the molecule is CCCCCC=CCC=CCC=CCCC(=O)O. The largest absolute Gasteiger partial charge is 0.481 e. The van der Waals surface area contributed by atoms with Gasteiger partial charge < -0.3 is 5.11 Å². The molecule has 0 atom stereocenters. The lowest BCUT2D eigenvalue weighted by Gasteiger charge is -1.90. The van der Waals surface area contributed by atoms with Crippen LogP contribution in [0.15, 0.2) is 36.5 Å². The Bertz CT molecular complexity index is 275. The number of hydrogen-bond acceptors (Lipinski definition) is 1. The van der Waals surface area contributed by atoms with Crippen LogP contribution >= 0.6 is 0 Å². The van der Waals surface area contributed by atoms with E-state index in [-0.39, 0.29) is 6.42 Å². The van der Waals surface area contributed by atoms with Crippen LogP contribution < -0.4 is 0 Å². The van der Waals surface area contributed by atoms with E-state index in [9.17, 15) is 4.79 Å². The summed E-state index contributed by atoms with van der Waals surface area (Å²) in [7, 11) is 0. The standard InChI is InChI=1S/C16H26O2/c1-2-3-4-5-6-7-8-9-10-11-12-13-14-15-16(17)18/h6-7,9-10,12-13H,2-5,8,11,14-15H2,1H3,(H,17,18). The van der Waals surface area contributed by atoms with Crippen LogP contribution in [0.3, 0.4) is 0 Å². The number of carboxylic acid groups (broad SMARTS) is 1. The highest BCUT2D eigenvalue weighted by Gasteiger charge is 1.90. The first kappa shape index (κ1) is 16.7. The van der Waals surface area contributed by atoms with Crippen LogP contribution in [0.5, 0.6) is 0 Å². The molecule has 102 valence electrons. The van der Waals surface area contributed by atoms with Gasteiger partial charge in [0.1, 0.15) is 0 Å². The Morgan fingerprint density at radius 2 is 1.44 bits per heavy atom. The van der Waals surface area contributed by atoms with Crippen LogP contribution in [0.4, 0.5) is 0 Å². The molecule has 0 unspecified atom stereocenters. The minimum atomic E-state index is -0.733. The monoisotopic (exact) mass is 250 g/mol. The van der Waals surface area contributed by atoms with Crippen LogP contribution in [0, 0.1) is 0 Å². The van der Waals surface area contributed by atoms with E-state index in [0.29, 0.717) is 6.42 Å². The van der Waals surface area contributed by atoms with E-state index in [1.807, 2.05) is 12.2 Å². The average molecular weight is 250 g/mol. The summed E-state index contributed by atoms with van der Waals surface area (Å²) >= 11 is 0. The van der Waals surface area contributed by atoms with Gasteiger partial charge in [-0.3, -0.25) is 4.79 Å². The molecule has 0 heterocycles. The molecule has 0 aliphatic rings. The highest BCUT2D eigenvalue weighted by Crippen LogP contribution is 2.00. The maximum absolute atomic E-state index is 10.2. The van der Waals surface area contributed by atoms with Crippen molar-refractivity contribution in [3.05, 3.63) is 36.5 Å². The van der Waals surface area contributed by atoms with Crippen molar-refractivity contribution in [1.82, 2.24) is 0 Å². The zero-order valence-electron chi connectivity index (χ0n) is 11.5. The summed E-state index contributed by atoms with van der Waals surface area (Å²) < 4.78 is 0. The minimum absolute atomic E-state index is 0.223. The molecule has 2 heteroatoms. The highest BCUT2D eigenvalue weighted by molar-refractivity contribution is 5.66. The van der Waals surface area contributed by atoms with E-state index in [1.54, 1.807) is 0 Å². The minimum Gasteiger partial charge on any atom is -0.481 e. The Kier molecular flexibility index (Phi) is 12.8. The summed E-state index contributed by atoms with van der Waals surface area (Å²) in [4.78, 5) is 10.2. The summed E-state index contributed by atoms with van der Waals surface area (Å²) in [6.45, 7) is 2.22. The Hall–Kier alpha value is -1.31. The van der Waals surface area contributed by atoms with Crippen LogP contribution in [0.1, 0.15) is 58.3 Å². The van der Waals surface area contributed by atoms with E-state index in [1.165, 1.54) is 25.7 Å². The van der Waals surface area contributed by atoms with Crippen molar-refractivity contribution in [2.45, 2.75) is 58.3 Å². The molecule has 18 heavy (non-hydrogen) atoms. The average Bonchev–Trinajstić information content (AvgIpc) is 2.34. The molecule has 0 rings (SSSR count). The summed E-state index contributed by atoms with van der Waals surface area (Å²) in [5.74, 6) is -0.733. The lowest BCUT2D eigenvalue weighted by atomic mass is 10.2. The van der Waals surface area contributed by atoms with E-state index < -0.39 is 5.97 Å². The number of unbranched alkanes of at least 4 members (excludes halogenated alkanes) is 3. The molecule has 0 aliphatic heterocycles. The third kappa shape index (κ3) is 14.7. The van der Waals surface area contributed by atoms with Crippen molar-refractivity contribution in [3.63, 3.8) is 0 Å². The van der Waals surface area contributed by atoms with Crippen molar-refractivity contribution in [2.24, 2.45) is 0 Å². The van der Waals surface area contributed by atoms with Crippen molar-refractivity contribution >= 4 is 5.97 Å². The molecule has 0 saturated heterocycles. The molecule has 0 radical (unpaired) electrons. The maximum atomic E-state index is 10.2. The molecule has 0 saturated carbocycles. The van der Waals surface area contributed by atoms with Gasteiger partial charge in [0.05, 0.1) is 0 Å². The van der Waals surface area contributed by atoms with Crippen molar-refractivity contribution < 1.29 is 9.90 Å². The molecular weight excluding hydrogens is 224 g/mol. The fourth-order valence-corrected chi connectivity index (χ4v) is 1.50. The lowest BCUT2D eigenvalue weighted by Crippen LogP contribution is -1.91. The van der Waals surface area contributed by atoms with Gasteiger partial charge >= 0.3 is 5.97 Å². The van der Waals surface area contributed by atoms with Crippen molar-refractivity contribution in [1.29, 1.82) is 0 Å². The predicted molar refractivity (Wildman–Crippen MR) is 77.7 cm³/mol. The van der Waals surface area contributed by atoms with Gasteiger partial charge in [0.2, 0.25) is 0 Å². The van der Waals surface area contributed by atoms with Gasteiger partial charge in [-0.25, -0.2) is 0 Å². The van der Waals surface area contributed by atoms with Gasteiger partial charge in [0.25, 0.3) is 0 Å². The fraction of sp³-hybridized carbons (Fsp3) is 0.562. The predicted octanol–water partition coefficient (Wildman–Crippen LogP) is 4.88. The van der Waals surface area contributed by atoms with Gasteiger partial charge in [0, 0.05) is 6.42 Å². The number of hydrogen-bond donors (Lipinski definition) is 1. The van der Waals surface area contributed by atoms with E-state index in [2.05, 4.69) is 31.2 Å². The zero-order valence-corrected chi connectivity index (χ0v) is 11.5. The molecule has 1 N–H and O–H groups in total. The first-order chi connectivity index (χ1) is 8.77. The third-order valence-electron chi connectivity index (χ3n) is 2.54. The molecule has 0 aromatic rings. The summed E-state index contributed by atoms with van der Waals surface area (Å²) in [6.07, 6.45) is 20.5. The molecule has 2 nitrogen and oxygen atoms in total. The third-order valence-corrected chi connectivity index (χ3v) is 2.54. The van der Waals surface area contributed by atoms with E-state index in [4.69, 9.17) is 5.11 Å². The van der Waals surface area contributed by atoms with E-state index >= 15 is 0 Å². The Morgan fingerprint density at radius 1 is 0.889 bits per heavy atom. The number of carboxylic acids is 1. The van der Waals surface area contributed by atoms with Gasteiger partial charge in [-0.05, 0) is 32.1 Å². The second-order valence-electron chi connectivity index (χ2n) is 4.31. The number of carbonyl (C=O) groups is 1. The molecule has 0 aliphatic carbocycles. The lowest BCUT2D eigenvalue weighted by molar-refractivity contribution is -0.136. The molecular formula is C16H26O2. The summed E-state index contributed by atoms with van der Waals surface area (Å²) in [5.41, 5.74) is 0. The zero-order chi connectivity index (χ0) is 13.5. The molecule has 0 spiro atoms. The number of aliphatic carboxylic acids is 1. The quantitative estimate of drug-likeness (QED) is 0.419. The molecule has 0 aromatic carbocycles. The van der Waals surface area contributed by atoms with Crippen LogP contribution in [0.2, 0.25) is 0 Å². The Labute approximate surface area is 111 Å². The van der Waals surface area contributed by atoms with Crippen LogP contribution in [-0.4, -0.2) is 11.1 Å². The van der Waals surface area contributed by atoms with Crippen LogP contribution in [0.25, 0.3) is 0 Å². The van der Waals surface area contributed by atoms with Crippen molar-refractivity contribution in [3.8, 4) is 0 Å². The molecule has 0 aromatic heterocycles. The normalized spacial score (nSPS) is 12.1. The summed E-state index contributed by atoms with van der Waals surface area (Å²) in [6, 6.07) is 0. The topological polar surface area (TPSA) is 37.3 Å². The first-order valence-corrected chi connectivity index (χ1v) is 6.94. The van der Waals surface area contributed by atoms with Gasteiger partial charge in [-0.2, -0.15) is 0 Å².